The van der Waals surface area contributed by atoms with Crippen molar-refractivity contribution in [3.63, 3.8) is 0 Å². The Morgan fingerprint density at radius 2 is 1.44 bits per heavy atom. The van der Waals surface area contributed by atoms with Crippen LogP contribution in [-0.4, -0.2) is 11.8 Å². The van der Waals surface area contributed by atoms with Gasteiger partial charge in [-0.05, 0) is 48.9 Å². The van der Waals surface area contributed by atoms with Crippen molar-refractivity contribution in [1.29, 1.82) is 0 Å². The molecule has 0 heterocycles. The lowest BCUT2D eigenvalue weighted by Crippen LogP contribution is -2.28. The van der Waals surface area contributed by atoms with Gasteiger partial charge in [-0.1, -0.05) is 54.1 Å². The third kappa shape index (κ3) is 4.74. The molecule has 1 atom stereocenters. The van der Waals surface area contributed by atoms with Gasteiger partial charge in [0.15, 0.2) is 0 Å². The molecule has 0 unspecified atom stereocenters. The Balaban J connectivity index is 1.76. The molecule has 0 radical (unpaired) electrons. The van der Waals surface area contributed by atoms with E-state index in [1.165, 1.54) is 0 Å². The van der Waals surface area contributed by atoms with E-state index in [9.17, 15) is 9.59 Å². The maximum absolute atomic E-state index is 12.7. The molecule has 3 aromatic carbocycles. The topological polar surface area (TPSA) is 58.2 Å². The number of hydrogen-bond donors (Lipinski definition) is 2. The van der Waals surface area contributed by atoms with Gasteiger partial charge in [0.2, 0.25) is 0 Å². The molecule has 2 amide bonds. The molecule has 0 bridgehead atoms. The highest BCUT2D eigenvalue weighted by atomic mass is 35.5. The third-order valence-electron chi connectivity index (χ3n) is 4.17. The van der Waals surface area contributed by atoms with Gasteiger partial charge in [0.1, 0.15) is 0 Å². The summed E-state index contributed by atoms with van der Waals surface area (Å²) in [6.45, 7) is 1.92. The van der Waals surface area contributed by atoms with Gasteiger partial charge in [-0.3, -0.25) is 9.59 Å². The van der Waals surface area contributed by atoms with E-state index in [-0.39, 0.29) is 17.9 Å². The van der Waals surface area contributed by atoms with Crippen molar-refractivity contribution >= 4 is 29.1 Å². The molecule has 136 valence electrons. The van der Waals surface area contributed by atoms with Crippen LogP contribution in [0.15, 0.2) is 78.9 Å². The van der Waals surface area contributed by atoms with Crippen molar-refractivity contribution < 1.29 is 9.59 Å². The van der Waals surface area contributed by atoms with E-state index >= 15 is 0 Å². The van der Waals surface area contributed by atoms with Crippen LogP contribution in [-0.2, 0) is 0 Å². The van der Waals surface area contributed by atoms with Gasteiger partial charge >= 0.3 is 0 Å². The highest BCUT2D eigenvalue weighted by Crippen LogP contribution is 2.19. The number of carbonyl (C=O) groups excluding carboxylic acids is 2. The number of carbonyl (C=O) groups is 2. The molecule has 0 aliphatic heterocycles. The lowest BCUT2D eigenvalue weighted by Gasteiger charge is -2.16. The minimum atomic E-state index is -0.303. The number of nitrogens with one attached hydrogen (secondary N) is 2. The average Bonchev–Trinajstić information content (AvgIpc) is 2.69. The van der Waals surface area contributed by atoms with Gasteiger partial charge < -0.3 is 10.6 Å². The van der Waals surface area contributed by atoms with Crippen molar-refractivity contribution in [2.45, 2.75) is 13.0 Å². The lowest BCUT2D eigenvalue weighted by atomic mass is 10.1. The molecule has 5 heteroatoms. The summed E-state index contributed by atoms with van der Waals surface area (Å²) < 4.78 is 0. The van der Waals surface area contributed by atoms with E-state index in [1.807, 2.05) is 37.3 Å². The molecule has 3 aromatic rings. The lowest BCUT2D eigenvalue weighted by molar-refractivity contribution is 0.0941. The molecule has 0 fully saturated rings. The predicted octanol–water partition coefficient (Wildman–Crippen LogP) is 5.08. The molecule has 0 aliphatic rings. The van der Waals surface area contributed by atoms with Gasteiger partial charge in [0.05, 0.1) is 17.3 Å². The van der Waals surface area contributed by atoms with Crippen LogP contribution < -0.4 is 10.6 Å². The molecule has 2 N–H and O–H groups in total. The fourth-order valence-corrected chi connectivity index (χ4v) is 2.81. The summed E-state index contributed by atoms with van der Waals surface area (Å²) in [7, 11) is 0. The minimum Gasteiger partial charge on any atom is -0.345 e. The van der Waals surface area contributed by atoms with Gasteiger partial charge in [-0.2, -0.15) is 0 Å². The average molecular weight is 379 g/mol. The Hall–Kier alpha value is -3.11. The van der Waals surface area contributed by atoms with Crippen LogP contribution in [0.25, 0.3) is 0 Å². The monoisotopic (exact) mass is 378 g/mol. The molecule has 27 heavy (non-hydrogen) atoms. The van der Waals surface area contributed by atoms with Gasteiger partial charge in [-0.15, -0.1) is 0 Å². The summed E-state index contributed by atoms with van der Waals surface area (Å²) in [4.78, 5) is 25.2. The van der Waals surface area contributed by atoms with E-state index in [0.29, 0.717) is 21.8 Å². The Bertz CT molecular complexity index is 940. The van der Waals surface area contributed by atoms with Crippen LogP contribution in [0.4, 0.5) is 5.69 Å². The number of benzene rings is 3. The second-order valence-corrected chi connectivity index (χ2v) is 6.55. The SMILES string of the molecule is C[C@@H](NC(=O)c1ccccc1NC(=O)c1ccc(Cl)cc1)c1ccccc1. The van der Waals surface area contributed by atoms with Crippen LogP contribution in [0.1, 0.15) is 39.2 Å². The van der Waals surface area contributed by atoms with Gasteiger partial charge in [0.25, 0.3) is 11.8 Å². The Kier molecular flexibility index (Phi) is 5.89. The number of hydrogen-bond acceptors (Lipinski definition) is 2. The van der Waals surface area contributed by atoms with E-state index in [0.717, 1.165) is 5.56 Å². The van der Waals surface area contributed by atoms with Gasteiger partial charge in [-0.25, -0.2) is 0 Å². The molecular formula is C22H19ClN2O2. The summed E-state index contributed by atoms with van der Waals surface area (Å²) in [5.74, 6) is -0.554. The number of halogens is 1. The number of rotatable bonds is 5. The molecule has 0 saturated carbocycles. The molecule has 0 saturated heterocycles. The molecule has 0 spiro atoms. The first-order valence-electron chi connectivity index (χ1n) is 8.56. The van der Waals surface area contributed by atoms with Gasteiger partial charge in [0, 0.05) is 10.6 Å². The second-order valence-electron chi connectivity index (χ2n) is 6.11. The number of para-hydroxylation sites is 1. The van der Waals surface area contributed by atoms with E-state index in [4.69, 9.17) is 11.6 Å². The fraction of sp³-hybridized carbons (Fsp3) is 0.0909. The largest absolute Gasteiger partial charge is 0.345 e. The Morgan fingerprint density at radius 1 is 0.815 bits per heavy atom. The summed E-state index contributed by atoms with van der Waals surface area (Å²) in [5.41, 5.74) is 2.33. The molecule has 3 rings (SSSR count). The van der Waals surface area contributed by atoms with Crippen LogP contribution in [0.2, 0.25) is 5.02 Å². The quantitative estimate of drug-likeness (QED) is 0.650. The van der Waals surface area contributed by atoms with Crippen LogP contribution >= 0.6 is 11.6 Å². The fourth-order valence-electron chi connectivity index (χ4n) is 2.69. The summed E-state index contributed by atoms with van der Waals surface area (Å²) >= 11 is 5.86. The summed E-state index contributed by atoms with van der Waals surface area (Å²) in [5, 5.41) is 6.32. The van der Waals surface area contributed by atoms with E-state index in [1.54, 1.807) is 48.5 Å². The Labute approximate surface area is 163 Å². The van der Waals surface area contributed by atoms with Crippen molar-refractivity contribution in [2.24, 2.45) is 0 Å². The summed E-state index contributed by atoms with van der Waals surface area (Å²) in [6.07, 6.45) is 0. The second kappa shape index (κ2) is 8.52. The van der Waals surface area contributed by atoms with E-state index < -0.39 is 0 Å². The number of amides is 2. The van der Waals surface area contributed by atoms with Crippen molar-refractivity contribution in [3.8, 4) is 0 Å². The molecule has 0 aliphatic carbocycles. The zero-order valence-corrected chi connectivity index (χ0v) is 15.5. The van der Waals surface area contributed by atoms with Crippen molar-refractivity contribution in [1.82, 2.24) is 5.32 Å². The normalized spacial score (nSPS) is 11.5. The maximum atomic E-state index is 12.7. The highest BCUT2D eigenvalue weighted by Gasteiger charge is 2.16. The predicted molar refractivity (Wildman–Crippen MR) is 108 cm³/mol. The standard InChI is InChI=1S/C22H19ClN2O2/c1-15(16-7-3-2-4-8-16)24-22(27)19-9-5-6-10-20(19)25-21(26)17-11-13-18(23)14-12-17/h2-15H,1H3,(H,24,27)(H,25,26)/t15-/m1/s1. The minimum absolute atomic E-state index is 0.154. The van der Waals surface area contributed by atoms with Crippen LogP contribution in [0.5, 0.6) is 0 Å². The molecular weight excluding hydrogens is 360 g/mol. The van der Waals surface area contributed by atoms with Crippen LogP contribution in [0, 0.1) is 0 Å². The first-order valence-corrected chi connectivity index (χ1v) is 8.94. The van der Waals surface area contributed by atoms with E-state index in [2.05, 4.69) is 10.6 Å². The Morgan fingerprint density at radius 3 is 2.15 bits per heavy atom. The van der Waals surface area contributed by atoms with Crippen molar-refractivity contribution in [2.75, 3.05) is 5.32 Å². The molecule has 0 aromatic heterocycles. The zero-order chi connectivity index (χ0) is 19.2. The number of anilines is 1. The first kappa shape index (κ1) is 18.7. The maximum Gasteiger partial charge on any atom is 0.255 e. The first-order chi connectivity index (χ1) is 13.0. The smallest absolute Gasteiger partial charge is 0.255 e. The zero-order valence-electron chi connectivity index (χ0n) is 14.8. The third-order valence-corrected chi connectivity index (χ3v) is 4.43. The summed E-state index contributed by atoms with van der Waals surface area (Å²) in [6, 6.07) is 23.0. The van der Waals surface area contributed by atoms with Crippen molar-refractivity contribution in [3.05, 3.63) is 101 Å². The van der Waals surface area contributed by atoms with Crippen LogP contribution in [0.3, 0.4) is 0 Å². The highest BCUT2D eigenvalue weighted by molar-refractivity contribution is 6.30. The molecule has 4 nitrogen and oxygen atoms in total.